The number of hydrazone groups is 1. The Labute approximate surface area is 178 Å². The highest BCUT2D eigenvalue weighted by atomic mass is 79.9. The molecule has 0 aliphatic carbocycles. The Bertz CT molecular complexity index is 992. The Kier molecular flexibility index (Phi) is 6.28. The van der Waals surface area contributed by atoms with Crippen LogP contribution in [0, 0.1) is 0 Å². The summed E-state index contributed by atoms with van der Waals surface area (Å²) in [5.74, 6) is -0.792. The van der Waals surface area contributed by atoms with Crippen LogP contribution in [0.5, 0.6) is 11.5 Å². The Morgan fingerprint density at radius 3 is 2.66 bits per heavy atom. The van der Waals surface area contributed by atoms with Crippen molar-refractivity contribution in [3.05, 3.63) is 46.3 Å². The molecular formula is C18H16BrN3O6S. The first-order valence-electron chi connectivity index (χ1n) is 8.26. The molecule has 0 bridgehead atoms. The summed E-state index contributed by atoms with van der Waals surface area (Å²) in [4.78, 5) is 35.6. The van der Waals surface area contributed by atoms with Gasteiger partial charge in [0.2, 0.25) is 17.6 Å². The molecule has 0 fully saturated rings. The van der Waals surface area contributed by atoms with Gasteiger partial charge in [0.15, 0.2) is 16.7 Å². The number of ether oxygens (including phenoxy) is 2. The number of methoxy groups -OCH3 is 1. The Balaban J connectivity index is 1.91. The number of hydrogen-bond acceptors (Lipinski definition) is 8. The maximum atomic E-state index is 12.2. The lowest BCUT2D eigenvalue weighted by Gasteiger charge is -2.21. The Morgan fingerprint density at radius 2 is 2.07 bits per heavy atom. The average molecular weight is 482 g/mol. The van der Waals surface area contributed by atoms with E-state index in [0.29, 0.717) is 15.2 Å². The number of benzene rings is 1. The molecule has 2 amide bonds. The minimum Gasteiger partial charge on any atom is -0.493 e. The van der Waals surface area contributed by atoms with Crippen LogP contribution in [0.4, 0.5) is 0 Å². The molecule has 3 rings (SSSR count). The van der Waals surface area contributed by atoms with E-state index in [2.05, 4.69) is 26.3 Å². The van der Waals surface area contributed by atoms with Gasteiger partial charge in [-0.1, -0.05) is 11.8 Å². The molecule has 0 unspecified atom stereocenters. The molecule has 29 heavy (non-hydrogen) atoms. The molecular weight excluding hydrogens is 466 g/mol. The van der Waals surface area contributed by atoms with Crippen molar-refractivity contribution in [3.8, 4) is 11.5 Å². The van der Waals surface area contributed by atoms with Gasteiger partial charge in [-0.25, -0.2) is 9.80 Å². The first-order valence-corrected chi connectivity index (χ1v) is 9.93. The second-order valence-electron chi connectivity index (χ2n) is 5.82. The van der Waals surface area contributed by atoms with E-state index in [0.717, 1.165) is 0 Å². The minimum absolute atomic E-state index is 0.0467. The van der Waals surface area contributed by atoms with Crippen molar-refractivity contribution in [3.63, 3.8) is 0 Å². The molecule has 2 aromatic rings. The van der Waals surface area contributed by atoms with Gasteiger partial charge in [0.25, 0.3) is 0 Å². The number of carbonyl (C=O) groups excluding carboxylic acids is 3. The van der Waals surface area contributed by atoms with Crippen LogP contribution >= 0.6 is 27.7 Å². The Morgan fingerprint density at radius 1 is 1.31 bits per heavy atom. The molecule has 152 valence electrons. The van der Waals surface area contributed by atoms with E-state index in [-0.39, 0.29) is 29.1 Å². The molecule has 1 aromatic heterocycles. The summed E-state index contributed by atoms with van der Waals surface area (Å²) in [6, 6.07) is 6.38. The number of rotatable bonds is 4. The number of furan rings is 1. The smallest absolute Gasteiger partial charge is 0.379 e. The highest BCUT2D eigenvalue weighted by Gasteiger charge is 2.33. The van der Waals surface area contributed by atoms with Crippen LogP contribution in [-0.4, -0.2) is 35.1 Å². The lowest BCUT2D eigenvalue weighted by atomic mass is 10.2. The maximum absolute atomic E-state index is 12.2. The van der Waals surface area contributed by atoms with E-state index >= 15 is 0 Å². The number of esters is 1. The first-order chi connectivity index (χ1) is 13.8. The summed E-state index contributed by atoms with van der Waals surface area (Å²) >= 11 is 4.58. The molecule has 0 saturated carbocycles. The number of thioether (sulfide) groups is 1. The number of amidine groups is 1. The Hall–Kier alpha value is -2.79. The van der Waals surface area contributed by atoms with Crippen LogP contribution in [0.15, 0.2) is 44.5 Å². The molecule has 1 aromatic carbocycles. The van der Waals surface area contributed by atoms with E-state index in [1.54, 1.807) is 18.2 Å². The van der Waals surface area contributed by atoms with Gasteiger partial charge in [0.05, 0.1) is 17.8 Å². The van der Waals surface area contributed by atoms with Gasteiger partial charge in [-0.2, -0.15) is 0 Å². The molecule has 0 spiro atoms. The SMILES string of the molecule is COc1cc([C@@H]2SC(NC(C)=O)=NN2C(C)=O)cc(Br)c1OC(=O)c1ccco1. The van der Waals surface area contributed by atoms with Gasteiger partial charge >= 0.3 is 5.97 Å². The largest absolute Gasteiger partial charge is 0.493 e. The summed E-state index contributed by atoms with van der Waals surface area (Å²) < 4.78 is 16.2. The standard InChI is InChI=1S/C18H16BrN3O6S/c1-9(23)20-18-21-22(10(2)24)16(29-18)11-7-12(19)15(14(8-11)26-3)28-17(25)13-5-4-6-27-13/h4-8,16H,1-3H3,(H,20,21,23)/t16-/m0/s1. The highest BCUT2D eigenvalue weighted by molar-refractivity contribution is 9.10. The molecule has 1 N–H and O–H groups in total. The fourth-order valence-corrected chi connectivity index (χ4v) is 4.16. The van der Waals surface area contributed by atoms with Crippen molar-refractivity contribution in [2.24, 2.45) is 5.10 Å². The van der Waals surface area contributed by atoms with Gasteiger partial charge in [-0.15, -0.1) is 5.10 Å². The molecule has 11 heteroatoms. The predicted octanol–water partition coefficient (Wildman–Crippen LogP) is 3.27. The zero-order chi connectivity index (χ0) is 21.1. The van der Waals surface area contributed by atoms with Gasteiger partial charge in [0.1, 0.15) is 5.37 Å². The average Bonchev–Trinajstić information content (AvgIpc) is 3.32. The van der Waals surface area contributed by atoms with E-state index in [1.165, 1.54) is 50.1 Å². The van der Waals surface area contributed by atoms with Gasteiger partial charge in [0, 0.05) is 13.8 Å². The highest BCUT2D eigenvalue weighted by Crippen LogP contribution is 2.44. The number of halogens is 1. The van der Waals surface area contributed by atoms with Crippen molar-refractivity contribution >= 4 is 50.6 Å². The summed E-state index contributed by atoms with van der Waals surface area (Å²) in [5, 5.41) is 7.76. The summed E-state index contributed by atoms with van der Waals surface area (Å²) in [5.41, 5.74) is 0.649. The van der Waals surface area contributed by atoms with Crippen molar-refractivity contribution in [1.82, 2.24) is 10.3 Å². The number of amides is 2. The fraction of sp³-hybridized carbons (Fsp3) is 0.222. The van der Waals surface area contributed by atoms with Crippen LogP contribution in [0.3, 0.4) is 0 Å². The van der Waals surface area contributed by atoms with Crippen LogP contribution in [0.2, 0.25) is 0 Å². The first kappa shape index (κ1) is 20.9. The third-order valence-corrected chi connectivity index (χ3v) is 5.39. The normalized spacial score (nSPS) is 15.7. The third-order valence-electron chi connectivity index (χ3n) is 3.70. The summed E-state index contributed by atoms with van der Waals surface area (Å²) in [6.45, 7) is 2.73. The van der Waals surface area contributed by atoms with Gasteiger partial charge < -0.3 is 19.2 Å². The molecule has 1 atom stereocenters. The van der Waals surface area contributed by atoms with Crippen molar-refractivity contribution in [2.75, 3.05) is 7.11 Å². The topological polar surface area (TPSA) is 110 Å². The molecule has 1 aliphatic heterocycles. The third kappa shape index (κ3) is 4.62. The van der Waals surface area contributed by atoms with E-state index in [1.807, 2.05) is 0 Å². The van der Waals surface area contributed by atoms with Gasteiger partial charge in [-0.05, 0) is 45.8 Å². The molecule has 9 nitrogen and oxygen atoms in total. The monoisotopic (exact) mass is 481 g/mol. The lowest BCUT2D eigenvalue weighted by Crippen LogP contribution is -2.25. The lowest BCUT2D eigenvalue weighted by molar-refractivity contribution is -0.129. The van der Waals surface area contributed by atoms with Crippen molar-refractivity contribution < 1.29 is 28.3 Å². The number of nitrogens with zero attached hydrogens (tertiary/aromatic N) is 2. The van der Waals surface area contributed by atoms with Crippen LogP contribution < -0.4 is 14.8 Å². The number of hydrogen-bond donors (Lipinski definition) is 1. The second kappa shape index (κ2) is 8.70. The number of carbonyl (C=O) groups is 3. The van der Waals surface area contributed by atoms with Crippen molar-refractivity contribution in [1.29, 1.82) is 0 Å². The summed E-state index contributed by atoms with van der Waals surface area (Å²) in [6.07, 6.45) is 1.37. The van der Waals surface area contributed by atoms with Crippen molar-refractivity contribution in [2.45, 2.75) is 19.2 Å². The minimum atomic E-state index is -0.682. The van der Waals surface area contributed by atoms with E-state index < -0.39 is 11.3 Å². The quantitative estimate of drug-likeness (QED) is 0.526. The number of nitrogens with one attached hydrogen (secondary N) is 1. The zero-order valence-corrected chi connectivity index (χ0v) is 18.0. The van der Waals surface area contributed by atoms with Crippen LogP contribution in [-0.2, 0) is 9.59 Å². The predicted molar refractivity (Wildman–Crippen MR) is 108 cm³/mol. The second-order valence-corrected chi connectivity index (χ2v) is 7.74. The molecule has 0 radical (unpaired) electrons. The fourth-order valence-electron chi connectivity index (χ4n) is 2.50. The zero-order valence-electron chi connectivity index (χ0n) is 15.6. The molecule has 2 heterocycles. The maximum Gasteiger partial charge on any atom is 0.379 e. The summed E-state index contributed by atoms with van der Waals surface area (Å²) in [7, 11) is 1.43. The molecule has 1 aliphatic rings. The molecule has 0 saturated heterocycles. The van der Waals surface area contributed by atoms with E-state index in [4.69, 9.17) is 13.9 Å². The van der Waals surface area contributed by atoms with E-state index in [9.17, 15) is 14.4 Å². The van der Waals surface area contributed by atoms with Crippen LogP contribution in [0.25, 0.3) is 0 Å². The van der Waals surface area contributed by atoms with Gasteiger partial charge in [-0.3, -0.25) is 9.59 Å². The van der Waals surface area contributed by atoms with Crippen LogP contribution in [0.1, 0.15) is 35.3 Å².